The molecular weight excluding hydrogens is 249 g/mol. The Kier molecular flexibility index (Phi) is 1.74. The number of hydrogen-bond donors (Lipinski definition) is 0. The highest BCUT2D eigenvalue weighted by Crippen LogP contribution is 2.55. The smallest absolute Gasteiger partial charge is 0.256 e. The number of rotatable bonds is 1. The van der Waals surface area contributed by atoms with E-state index in [0.29, 0.717) is 4.47 Å². The van der Waals surface area contributed by atoms with Gasteiger partial charge in [-0.15, -0.1) is 0 Å². The lowest BCUT2D eigenvalue weighted by molar-refractivity contribution is -0.182. The molecule has 0 saturated heterocycles. The van der Waals surface area contributed by atoms with Crippen molar-refractivity contribution in [3.63, 3.8) is 0 Å². The predicted octanol–water partition coefficient (Wildman–Crippen LogP) is 2.70. The summed E-state index contributed by atoms with van der Waals surface area (Å²) >= 11 is 3.07. The van der Waals surface area contributed by atoms with E-state index >= 15 is 0 Å². The summed E-state index contributed by atoms with van der Waals surface area (Å²) in [4.78, 5) is 0. The summed E-state index contributed by atoms with van der Waals surface area (Å²) in [7, 11) is 0. The summed E-state index contributed by atoms with van der Waals surface area (Å²) < 4.78 is 39.1. The van der Waals surface area contributed by atoms with E-state index in [4.69, 9.17) is 0 Å². The van der Waals surface area contributed by atoms with Crippen LogP contribution in [0.5, 0.6) is 0 Å². The summed E-state index contributed by atoms with van der Waals surface area (Å²) in [5, 5.41) is 3.67. The van der Waals surface area contributed by atoms with E-state index in [2.05, 4.69) is 21.0 Å². The summed E-state index contributed by atoms with van der Waals surface area (Å²) in [6, 6.07) is 0. The van der Waals surface area contributed by atoms with Crippen molar-refractivity contribution in [2.45, 2.75) is 24.6 Å². The number of nitrogens with zero attached hydrogens (tertiary/aromatic N) is 2. The molecule has 1 saturated carbocycles. The lowest BCUT2D eigenvalue weighted by Crippen LogP contribution is -2.35. The molecule has 6 heteroatoms. The Labute approximate surface area is 80.9 Å². The summed E-state index contributed by atoms with van der Waals surface area (Å²) in [6.45, 7) is 0. The summed E-state index contributed by atoms with van der Waals surface area (Å²) in [6.07, 6.45) is -1.21. The molecule has 1 aliphatic rings. The van der Waals surface area contributed by atoms with Crippen molar-refractivity contribution in [2.75, 3.05) is 0 Å². The molecule has 0 unspecified atom stereocenters. The van der Waals surface area contributed by atoms with Crippen LogP contribution in [-0.2, 0) is 5.54 Å². The fraction of sp³-hybridized carbons (Fsp3) is 0.571. The molecule has 0 spiro atoms. The van der Waals surface area contributed by atoms with E-state index in [-0.39, 0.29) is 12.8 Å². The highest BCUT2D eigenvalue weighted by Gasteiger charge is 2.65. The quantitative estimate of drug-likeness (QED) is 0.754. The van der Waals surface area contributed by atoms with E-state index in [1.807, 2.05) is 0 Å². The molecule has 1 heterocycles. The van der Waals surface area contributed by atoms with Gasteiger partial charge >= 0.3 is 6.18 Å². The molecule has 0 atom stereocenters. The van der Waals surface area contributed by atoms with Crippen LogP contribution in [0.3, 0.4) is 0 Å². The molecule has 2 rings (SSSR count). The molecule has 1 aliphatic carbocycles. The molecule has 2 nitrogen and oxygen atoms in total. The standard InChI is InChI=1S/C7H6BrF3N2/c8-5-3-12-13(4-5)6(1-2-6)7(9,10)11/h3-4H,1-2H2. The topological polar surface area (TPSA) is 17.8 Å². The Balaban J connectivity index is 2.36. The first-order valence-electron chi connectivity index (χ1n) is 3.73. The van der Waals surface area contributed by atoms with Gasteiger partial charge in [-0.25, -0.2) is 0 Å². The number of alkyl halides is 3. The lowest BCUT2D eigenvalue weighted by atomic mass is 10.3. The second-order valence-electron chi connectivity index (χ2n) is 3.13. The van der Waals surface area contributed by atoms with Crippen molar-refractivity contribution in [1.82, 2.24) is 9.78 Å². The van der Waals surface area contributed by atoms with E-state index in [1.165, 1.54) is 12.4 Å². The third kappa shape index (κ3) is 1.27. The van der Waals surface area contributed by atoms with Crippen LogP contribution in [-0.4, -0.2) is 16.0 Å². The van der Waals surface area contributed by atoms with Crippen LogP contribution in [0.2, 0.25) is 0 Å². The summed E-state index contributed by atoms with van der Waals surface area (Å²) in [5.74, 6) is 0. The van der Waals surface area contributed by atoms with Crippen LogP contribution in [0.15, 0.2) is 16.9 Å². The summed E-state index contributed by atoms with van der Waals surface area (Å²) in [5.41, 5.74) is -1.72. The molecule has 0 amide bonds. The van der Waals surface area contributed by atoms with Crippen molar-refractivity contribution >= 4 is 15.9 Å². The average molecular weight is 255 g/mol. The van der Waals surface area contributed by atoms with Gasteiger partial charge in [-0.2, -0.15) is 18.3 Å². The van der Waals surface area contributed by atoms with Crippen molar-refractivity contribution in [3.8, 4) is 0 Å². The minimum Gasteiger partial charge on any atom is -0.256 e. The predicted molar refractivity (Wildman–Crippen MR) is 43.2 cm³/mol. The lowest BCUT2D eigenvalue weighted by Gasteiger charge is -2.19. The third-order valence-corrected chi connectivity index (χ3v) is 2.65. The molecular formula is C7H6BrF3N2. The fourth-order valence-electron chi connectivity index (χ4n) is 1.30. The van der Waals surface area contributed by atoms with Gasteiger partial charge in [0.25, 0.3) is 0 Å². The Morgan fingerprint density at radius 3 is 2.38 bits per heavy atom. The SMILES string of the molecule is FC(F)(F)C1(n2cc(Br)cn2)CC1. The van der Waals surface area contributed by atoms with Crippen LogP contribution in [0.4, 0.5) is 13.2 Å². The van der Waals surface area contributed by atoms with Gasteiger partial charge in [0.1, 0.15) is 0 Å². The van der Waals surface area contributed by atoms with E-state index in [9.17, 15) is 13.2 Å². The van der Waals surface area contributed by atoms with Crippen LogP contribution >= 0.6 is 15.9 Å². The van der Waals surface area contributed by atoms with Crippen LogP contribution < -0.4 is 0 Å². The van der Waals surface area contributed by atoms with Gasteiger partial charge in [-0.05, 0) is 28.8 Å². The number of hydrogen-bond acceptors (Lipinski definition) is 1. The molecule has 72 valence electrons. The van der Waals surface area contributed by atoms with Crippen molar-refractivity contribution < 1.29 is 13.2 Å². The molecule has 0 aromatic carbocycles. The Bertz CT molecular complexity index is 327. The van der Waals surface area contributed by atoms with E-state index < -0.39 is 11.7 Å². The molecule has 1 aromatic heterocycles. The maximum atomic E-state index is 12.5. The van der Waals surface area contributed by atoms with Crippen LogP contribution in [0.1, 0.15) is 12.8 Å². The van der Waals surface area contributed by atoms with Gasteiger partial charge in [-0.3, -0.25) is 4.68 Å². The van der Waals surface area contributed by atoms with Gasteiger partial charge < -0.3 is 0 Å². The minimum atomic E-state index is -4.20. The van der Waals surface area contributed by atoms with Gasteiger partial charge in [0.05, 0.1) is 10.7 Å². The largest absolute Gasteiger partial charge is 0.413 e. The second kappa shape index (κ2) is 2.50. The highest BCUT2D eigenvalue weighted by atomic mass is 79.9. The van der Waals surface area contributed by atoms with Crippen molar-refractivity contribution in [3.05, 3.63) is 16.9 Å². The first-order valence-corrected chi connectivity index (χ1v) is 4.52. The number of aromatic nitrogens is 2. The molecule has 0 bridgehead atoms. The first kappa shape index (κ1) is 9.05. The van der Waals surface area contributed by atoms with Gasteiger partial charge in [0.2, 0.25) is 0 Å². The molecule has 0 radical (unpaired) electrons. The first-order chi connectivity index (χ1) is 5.96. The molecule has 0 aliphatic heterocycles. The Morgan fingerprint density at radius 1 is 1.46 bits per heavy atom. The minimum absolute atomic E-state index is 0.130. The zero-order valence-corrected chi connectivity index (χ0v) is 8.06. The Hall–Kier alpha value is -0.520. The fourth-order valence-corrected chi connectivity index (χ4v) is 1.58. The van der Waals surface area contributed by atoms with E-state index in [0.717, 1.165) is 4.68 Å². The Morgan fingerprint density at radius 2 is 2.08 bits per heavy atom. The monoisotopic (exact) mass is 254 g/mol. The van der Waals surface area contributed by atoms with Crippen LogP contribution in [0, 0.1) is 0 Å². The van der Waals surface area contributed by atoms with E-state index in [1.54, 1.807) is 0 Å². The van der Waals surface area contributed by atoms with Gasteiger partial charge in [-0.1, -0.05) is 0 Å². The molecule has 13 heavy (non-hydrogen) atoms. The van der Waals surface area contributed by atoms with Gasteiger partial charge in [0.15, 0.2) is 5.54 Å². The molecule has 1 aromatic rings. The zero-order valence-electron chi connectivity index (χ0n) is 6.48. The molecule has 0 N–H and O–H groups in total. The highest BCUT2D eigenvalue weighted by molar-refractivity contribution is 9.10. The average Bonchev–Trinajstić information content (AvgIpc) is 2.70. The molecule has 1 fully saturated rings. The van der Waals surface area contributed by atoms with Gasteiger partial charge in [0, 0.05) is 6.20 Å². The normalized spacial score (nSPS) is 20.3. The van der Waals surface area contributed by atoms with Crippen molar-refractivity contribution in [1.29, 1.82) is 0 Å². The number of halogens is 4. The second-order valence-corrected chi connectivity index (χ2v) is 4.05. The maximum Gasteiger partial charge on any atom is 0.413 e. The van der Waals surface area contributed by atoms with Crippen molar-refractivity contribution in [2.24, 2.45) is 0 Å². The van der Waals surface area contributed by atoms with Crippen LogP contribution in [0.25, 0.3) is 0 Å². The maximum absolute atomic E-state index is 12.5. The zero-order chi connectivity index (χ0) is 9.69. The third-order valence-electron chi connectivity index (χ3n) is 2.24.